The van der Waals surface area contributed by atoms with Crippen molar-refractivity contribution in [3.63, 3.8) is 0 Å². The Bertz CT molecular complexity index is 381. The lowest BCUT2D eigenvalue weighted by Crippen LogP contribution is -2.50. The third kappa shape index (κ3) is 3.29. The number of fused-ring (bicyclic) bond motifs is 1. The fourth-order valence-corrected chi connectivity index (χ4v) is 3.16. The SMILES string of the molecule is CC(C)(C)OC(=O)N1CC2CCCN(C(N)=S)C2C1. The van der Waals surface area contributed by atoms with Gasteiger partial charge in [-0.2, -0.15) is 0 Å². The molecule has 2 heterocycles. The van der Waals surface area contributed by atoms with Gasteiger partial charge in [-0.25, -0.2) is 4.79 Å². The zero-order valence-corrected chi connectivity index (χ0v) is 12.7. The number of likely N-dealkylation sites (tertiary alicyclic amines) is 2. The molecule has 2 aliphatic rings. The van der Waals surface area contributed by atoms with Gasteiger partial charge < -0.3 is 20.3 Å². The van der Waals surface area contributed by atoms with E-state index in [4.69, 9.17) is 22.7 Å². The Morgan fingerprint density at radius 3 is 2.63 bits per heavy atom. The Hall–Kier alpha value is -1.04. The van der Waals surface area contributed by atoms with Crippen LogP contribution in [0.25, 0.3) is 0 Å². The Morgan fingerprint density at radius 1 is 1.37 bits per heavy atom. The number of nitrogens with zero attached hydrogens (tertiary/aromatic N) is 2. The number of ether oxygens (including phenoxy) is 1. The highest BCUT2D eigenvalue weighted by atomic mass is 32.1. The molecule has 0 spiro atoms. The Balaban J connectivity index is 2.01. The predicted molar refractivity (Wildman–Crippen MR) is 77.8 cm³/mol. The van der Waals surface area contributed by atoms with Gasteiger partial charge in [0, 0.05) is 19.6 Å². The van der Waals surface area contributed by atoms with Crippen LogP contribution in [0.5, 0.6) is 0 Å². The van der Waals surface area contributed by atoms with Crippen molar-refractivity contribution in [2.45, 2.75) is 45.3 Å². The summed E-state index contributed by atoms with van der Waals surface area (Å²) in [6.07, 6.45) is 1.98. The lowest BCUT2D eigenvalue weighted by atomic mass is 9.92. The van der Waals surface area contributed by atoms with Crippen LogP contribution in [0, 0.1) is 5.92 Å². The number of nitrogens with two attached hydrogens (primary N) is 1. The number of hydrogen-bond donors (Lipinski definition) is 1. The minimum absolute atomic E-state index is 0.232. The van der Waals surface area contributed by atoms with Crippen LogP contribution < -0.4 is 5.73 Å². The Labute approximate surface area is 120 Å². The minimum Gasteiger partial charge on any atom is -0.444 e. The van der Waals surface area contributed by atoms with E-state index in [0.717, 1.165) is 25.9 Å². The molecule has 6 heteroatoms. The monoisotopic (exact) mass is 285 g/mol. The standard InChI is InChI=1S/C13H23N3O2S/c1-13(2,3)18-12(17)15-7-9-5-4-6-16(11(14)19)10(9)8-15/h9-10H,4-8H2,1-3H3,(H2,14,19). The lowest BCUT2D eigenvalue weighted by molar-refractivity contribution is 0.0284. The molecule has 0 aromatic carbocycles. The molecule has 0 aliphatic carbocycles. The molecule has 2 N–H and O–H groups in total. The van der Waals surface area contributed by atoms with Crippen LogP contribution in [0.1, 0.15) is 33.6 Å². The van der Waals surface area contributed by atoms with Gasteiger partial charge in [-0.15, -0.1) is 0 Å². The minimum atomic E-state index is -0.451. The second kappa shape index (κ2) is 5.15. The van der Waals surface area contributed by atoms with Crippen LogP contribution in [0.3, 0.4) is 0 Å². The molecule has 2 atom stereocenters. The lowest BCUT2D eigenvalue weighted by Gasteiger charge is -2.37. The average Bonchev–Trinajstić information content (AvgIpc) is 2.69. The summed E-state index contributed by atoms with van der Waals surface area (Å²) in [4.78, 5) is 16.0. The topological polar surface area (TPSA) is 58.8 Å². The van der Waals surface area contributed by atoms with Gasteiger partial charge in [0.05, 0.1) is 6.04 Å². The molecular formula is C13H23N3O2S. The fourth-order valence-electron chi connectivity index (χ4n) is 2.93. The van der Waals surface area contributed by atoms with Gasteiger partial charge in [-0.1, -0.05) is 0 Å². The van der Waals surface area contributed by atoms with Gasteiger partial charge in [0.25, 0.3) is 0 Å². The fraction of sp³-hybridized carbons (Fsp3) is 0.846. The number of hydrogen-bond acceptors (Lipinski definition) is 3. The molecule has 5 nitrogen and oxygen atoms in total. The molecule has 108 valence electrons. The van der Waals surface area contributed by atoms with Crippen LogP contribution in [0.2, 0.25) is 0 Å². The number of amides is 1. The summed E-state index contributed by atoms with van der Waals surface area (Å²) in [5, 5.41) is 0.445. The van der Waals surface area contributed by atoms with Gasteiger partial charge in [0.1, 0.15) is 5.60 Å². The third-order valence-electron chi connectivity index (χ3n) is 3.72. The highest BCUT2D eigenvalue weighted by Crippen LogP contribution is 2.31. The molecule has 2 unspecified atom stereocenters. The molecule has 0 radical (unpaired) electrons. The number of thiocarbonyl (C=S) groups is 1. The average molecular weight is 285 g/mol. The van der Waals surface area contributed by atoms with Gasteiger partial charge in [-0.3, -0.25) is 0 Å². The van der Waals surface area contributed by atoms with Crippen LogP contribution in [0.4, 0.5) is 4.79 Å². The Morgan fingerprint density at radius 2 is 2.05 bits per heavy atom. The van der Waals surface area contributed by atoms with Crippen LogP contribution in [-0.4, -0.2) is 52.3 Å². The van der Waals surface area contributed by atoms with Crippen molar-refractivity contribution < 1.29 is 9.53 Å². The largest absolute Gasteiger partial charge is 0.444 e. The smallest absolute Gasteiger partial charge is 0.410 e. The molecule has 0 saturated carbocycles. The van der Waals surface area contributed by atoms with Crippen LogP contribution in [-0.2, 0) is 4.74 Å². The van der Waals surface area contributed by atoms with E-state index in [0.29, 0.717) is 17.6 Å². The normalized spacial score (nSPS) is 27.1. The molecule has 2 rings (SSSR count). The first-order valence-corrected chi connectivity index (χ1v) is 7.23. The molecule has 2 fully saturated rings. The molecular weight excluding hydrogens is 262 g/mol. The van der Waals surface area contributed by atoms with Crippen LogP contribution >= 0.6 is 12.2 Å². The zero-order chi connectivity index (χ0) is 14.2. The second-order valence-electron chi connectivity index (χ2n) is 6.39. The number of carbonyl (C=O) groups excluding carboxylic acids is 1. The number of piperidine rings is 1. The van der Waals surface area contributed by atoms with E-state index in [1.165, 1.54) is 0 Å². The summed E-state index contributed by atoms with van der Waals surface area (Å²) in [5.74, 6) is 0.461. The van der Waals surface area contributed by atoms with Crippen molar-refractivity contribution in [2.75, 3.05) is 19.6 Å². The summed E-state index contributed by atoms with van der Waals surface area (Å²) >= 11 is 5.10. The van der Waals surface area contributed by atoms with E-state index in [-0.39, 0.29) is 12.1 Å². The van der Waals surface area contributed by atoms with Crippen molar-refractivity contribution in [3.8, 4) is 0 Å². The highest BCUT2D eigenvalue weighted by Gasteiger charge is 2.42. The maximum Gasteiger partial charge on any atom is 0.410 e. The van der Waals surface area contributed by atoms with Gasteiger partial charge in [0.15, 0.2) is 5.11 Å². The maximum atomic E-state index is 12.1. The van der Waals surface area contributed by atoms with Gasteiger partial charge in [0.2, 0.25) is 0 Å². The zero-order valence-electron chi connectivity index (χ0n) is 11.9. The summed E-state index contributed by atoms with van der Waals surface area (Å²) in [5.41, 5.74) is 5.32. The Kier molecular flexibility index (Phi) is 3.90. The predicted octanol–water partition coefficient (Wildman–Crippen LogP) is 1.56. The van der Waals surface area contributed by atoms with Gasteiger partial charge >= 0.3 is 6.09 Å². The molecule has 0 bridgehead atoms. The second-order valence-corrected chi connectivity index (χ2v) is 6.80. The first-order chi connectivity index (χ1) is 8.78. The van der Waals surface area contributed by atoms with E-state index in [1.54, 1.807) is 4.90 Å². The summed E-state index contributed by atoms with van der Waals surface area (Å²) in [6, 6.07) is 0.263. The molecule has 0 aromatic rings. The summed E-state index contributed by atoms with van der Waals surface area (Å²) < 4.78 is 5.43. The van der Waals surface area contributed by atoms with Crippen molar-refractivity contribution in [1.29, 1.82) is 0 Å². The molecule has 1 amide bonds. The summed E-state index contributed by atoms with van der Waals surface area (Å²) in [6.45, 7) is 7.97. The first kappa shape index (κ1) is 14.4. The molecule has 2 saturated heterocycles. The van der Waals surface area contributed by atoms with Crippen molar-refractivity contribution >= 4 is 23.4 Å². The summed E-state index contributed by atoms with van der Waals surface area (Å²) in [7, 11) is 0. The third-order valence-corrected chi connectivity index (χ3v) is 3.95. The van der Waals surface area contributed by atoms with E-state index in [2.05, 4.69) is 4.90 Å². The van der Waals surface area contributed by atoms with E-state index < -0.39 is 5.60 Å². The number of rotatable bonds is 0. The number of carbonyl (C=O) groups is 1. The first-order valence-electron chi connectivity index (χ1n) is 6.82. The van der Waals surface area contributed by atoms with Crippen molar-refractivity contribution in [1.82, 2.24) is 9.80 Å². The van der Waals surface area contributed by atoms with Crippen molar-refractivity contribution in [3.05, 3.63) is 0 Å². The molecule has 2 aliphatic heterocycles. The molecule has 19 heavy (non-hydrogen) atoms. The van der Waals surface area contributed by atoms with E-state index >= 15 is 0 Å². The van der Waals surface area contributed by atoms with Crippen LogP contribution in [0.15, 0.2) is 0 Å². The quantitative estimate of drug-likeness (QED) is 0.685. The van der Waals surface area contributed by atoms with E-state index in [1.807, 2.05) is 20.8 Å². The maximum absolute atomic E-state index is 12.1. The highest BCUT2D eigenvalue weighted by molar-refractivity contribution is 7.80. The van der Waals surface area contributed by atoms with E-state index in [9.17, 15) is 4.79 Å². The molecule has 0 aromatic heterocycles. The van der Waals surface area contributed by atoms with Crippen molar-refractivity contribution in [2.24, 2.45) is 11.7 Å². The van der Waals surface area contributed by atoms with Gasteiger partial charge in [-0.05, 0) is 51.7 Å².